The molecule has 4 nitrogen and oxygen atoms in total. The smallest absolute Gasteiger partial charge is 0.114 e. The minimum atomic E-state index is -0.442. The van der Waals surface area contributed by atoms with E-state index in [0.29, 0.717) is 13.2 Å². The number of rotatable bonds is 9. The molecule has 0 bridgehead atoms. The summed E-state index contributed by atoms with van der Waals surface area (Å²) in [5, 5.41) is 9.99. The molecule has 0 heterocycles. The molecule has 24 heavy (non-hydrogen) atoms. The zero-order valence-electron chi connectivity index (χ0n) is 15.2. The summed E-state index contributed by atoms with van der Waals surface area (Å²) in [6.45, 7) is 1.01. The van der Waals surface area contributed by atoms with E-state index < -0.39 is 6.10 Å². The van der Waals surface area contributed by atoms with Crippen molar-refractivity contribution in [1.29, 1.82) is 0 Å². The van der Waals surface area contributed by atoms with Gasteiger partial charge in [-0.25, -0.2) is 0 Å². The van der Waals surface area contributed by atoms with Gasteiger partial charge in [0.2, 0.25) is 0 Å². The SMILES string of the molecule is COC1=CCCC(CCC2=CC=CCC2OC[C@@H](O)CN(C)C)=C1. The van der Waals surface area contributed by atoms with Crippen LogP contribution in [0.4, 0.5) is 0 Å². The first-order valence-corrected chi connectivity index (χ1v) is 8.82. The molecule has 2 atom stereocenters. The lowest BCUT2D eigenvalue weighted by Crippen LogP contribution is -2.32. The summed E-state index contributed by atoms with van der Waals surface area (Å²) >= 11 is 0. The van der Waals surface area contributed by atoms with Crippen molar-refractivity contribution in [2.24, 2.45) is 0 Å². The van der Waals surface area contributed by atoms with Gasteiger partial charge in [-0.15, -0.1) is 0 Å². The topological polar surface area (TPSA) is 41.9 Å². The van der Waals surface area contributed by atoms with Gasteiger partial charge in [-0.2, -0.15) is 0 Å². The molecular formula is C20H31NO3. The largest absolute Gasteiger partial charge is 0.497 e. The van der Waals surface area contributed by atoms with Gasteiger partial charge >= 0.3 is 0 Å². The molecule has 1 unspecified atom stereocenters. The lowest BCUT2D eigenvalue weighted by atomic mass is 9.92. The lowest BCUT2D eigenvalue weighted by Gasteiger charge is -2.25. The molecule has 0 saturated carbocycles. The second-order valence-electron chi connectivity index (χ2n) is 6.80. The fraction of sp³-hybridized carbons (Fsp3) is 0.600. The van der Waals surface area contributed by atoms with Crippen LogP contribution in [0.3, 0.4) is 0 Å². The molecule has 4 heteroatoms. The maximum Gasteiger partial charge on any atom is 0.114 e. The van der Waals surface area contributed by atoms with Gasteiger partial charge in [-0.3, -0.25) is 0 Å². The highest BCUT2D eigenvalue weighted by atomic mass is 16.5. The van der Waals surface area contributed by atoms with Gasteiger partial charge in [0.15, 0.2) is 0 Å². The van der Waals surface area contributed by atoms with E-state index in [1.807, 2.05) is 19.0 Å². The molecule has 2 rings (SSSR count). The fourth-order valence-corrected chi connectivity index (χ4v) is 3.15. The quantitative estimate of drug-likeness (QED) is 0.703. The molecule has 0 spiro atoms. The number of aliphatic hydroxyl groups is 1. The predicted octanol–water partition coefficient (Wildman–Crippen LogP) is 3.21. The van der Waals surface area contributed by atoms with Crippen LogP contribution in [0.1, 0.15) is 32.1 Å². The number of hydrogen-bond acceptors (Lipinski definition) is 4. The van der Waals surface area contributed by atoms with E-state index in [9.17, 15) is 5.11 Å². The summed E-state index contributed by atoms with van der Waals surface area (Å²) in [6, 6.07) is 0. The van der Waals surface area contributed by atoms with Gasteiger partial charge in [0.25, 0.3) is 0 Å². The zero-order valence-corrected chi connectivity index (χ0v) is 15.2. The highest BCUT2D eigenvalue weighted by Gasteiger charge is 2.18. The van der Waals surface area contributed by atoms with Crippen molar-refractivity contribution in [3.05, 3.63) is 47.3 Å². The van der Waals surface area contributed by atoms with Crippen LogP contribution in [0.2, 0.25) is 0 Å². The van der Waals surface area contributed by atoms with Gasteiger partial charge in [0, 0.05) is 6.54 Å². The third-order valence-electron chi connectivity index (χ3n) is 4.40. The molecule has 2 aliphatic carbocycles. The average Bonchev–Trinajstić information content (AvgIpc) is 2.58. The van der Waals surface area contributed by atoms with E-state index in [4.69, 9.17) is 9.47 Å². The van der Waals surface area contributed by atoms with Crippen molar-refractivity contribution >= 4 is 0 Å². The molecule has 0 radical (unpaired) electrons. The fourth-order valence-electron chi connectivity index (χ4n) is 3.15. The van der Waals surface area contributed by atoms with Gasteiger partial charge in [-0.1, -0.05) is 23.8 Å². The number of allylic oxidation sites excluding steroid dienone is 5. The highest BCUT2D eigenvalue weighted by molar-refractivity contribution is 5.27. The van der Waals surface area contributed by atoms with Crippen molar-refractivity contribution in [3.63, 3.8) is 0 Å². The molecule has 2 aliphatic rings. The zero-order chi connectivity index (χ0) is 17.4. The van der Waals surface area contributed by atoms with Gasteiger partial charge in [0.05, 0.1) is 25.9 Å². The maximum atomic E-state index is 9.99. The minimum absolute atomic E-state index is 0.0911. The third kappa shape index (κ3) is 6.27. The first-order valence-electron chi connectivity index (χ1n) is 8.82. The van der Waals surface area contributed by atoms with Crippen LogP contribution in [-0.4, -0.2) is 56.6 Å². The Bertz CT molecular complexity index is 517. The summed E-state index contributed by atoms with van der Waals surface area (Å²) in [7, 11) is 5.64. The summed E-state index contributed by atoms with van der Waals surface area (Å²) in [4.78, 5) is 1.97. The van der Waals surface area contributed by atoms with Crippen LogP contribution in [0.15, 0.2) is 47.3 Å². The Morgan fingerprint density at radius 3 is 2.92 bits per heavy atom. The minimum Gasteiger partial charge on any atom is -0.497 e. The standard InChI is InChI=1S/C20H31NO3/c1-21(2)14-18(22)15-24-20-10-5-4-8-17(20)12-11-16-7-6-9-19(13-16)23-3/h4-5,8-9,13,18,20,22H,6-7,10-12,14-15H2,1-3H3/t18-,20?/m0/s1. The van der Waals surface area contributed by atoms with Gasteiger partial charge < -0.3 is 19.5 Å². The van der Waals surface area contributed by atoms with E-state index in [1.54, 1.807) is 7.11 Å². The Morgan fingerprint density at radius 2 is 2.17 bits per heavy atom. The second-order valence-corrected chi connectivity index (χ2v) is 6.80. The molecule has 1 N–H and O–H groups in total. The van der Waals surface area contributed by atoms with Crippen LogP contribution >= 0.6 is 0 Å². The van der Waals surface area contributed by atoms with E-state index >= 15 is 0 Å². The number of methoxy groups -OCH3 is 1. The first-order chi connectivity index (χ1) is 11.6. The van der Waals surface area contributed by atoms with Crippen LogP contribution in [-0.2, 0) is 9.47 Å². The molecule has 0 aliphatic heterocycles. The number of ether oxygens (including phenoxy) is 2. The van der Waals surface area contributed by atoms with E-state index in [1.165, 1.54) is 11.1 Å². The molecule has 0 amide bonds. The van der Waals surface area contributed by atoms with E-state index in [0.717, 1.165) is 37.9 Å². The average molecular weight is 333 g/mol. The molecule has 0 aromatic carbocycles. The van der Waals surface area contributed by atoms with Crippen LogP contribution in [0, 0.1) is 0 Å². The molecule has 0 aromatic heterocycles. The van der Waals surface area contributed by atoms with Crippen molar-refractivity contribution in [2.45, 2.75) is 44.3 Å². The summed E-state index contributed by atoms with van der Waals surface area (Å²) < 4.78 is 11.3. The Balaban J connectivity index is 1.83. The van der Waals surface area contributed by atoms with Gasteiger partial charge in [0.1, 0.15) is 5.76 Å². The summed E-state index contributed by atoms with van der Waals surface area (Å²) in [5.74, 6) is 0.980. The third-order valence-corrected chi connectivity index (χ3v) is 4.40. The number of nitrogens with zero attached hydrogens (tertiary/aromatic N) is 1. The molecule has 0 saturated heterocycles. The molecule has 0 aromatic rings. The van der Waals surface area contributed by atoms with Crippen molar-refractivity contribution in [3.8, 4) is 0 Å². The predicted molar refractivity (Wildman–Crippen MR) is 97.8 cm³/mol. The van der Waals surface area contributed by atoms with Crippen molar-refractivity contribution in [2.75, 3.05) is 34.4 Å². The molecular weight excluding hydrogens is 302 g/mol. The number of aliphatic hydroxyl groups excluding tert-OH is 1. The number of hydrogen-bond donors (Lipinski definition) is 1. The highest BCUT2D eigenvalue weighted by Crippen LogP contribution is 2.27. The summed E-state index contributed by atoms with van der Waals surface area (Å²) in [6.07, 6.45) is 15.5. The van der Waals surface area contributed by atoms with E-state index in [-0.39, 0.29) is 6.10 Å². The Kier molecular flexibility index (Phi) is 7.76. The first kappa shape index (κ1) is 19.0. The second kappa shape index (κ2) is 9.82. The monoisotopic (exact) mass is 333 g/mol. The maximum absolute atomic E-state index is 9.99. The van der Waals surface area contributed by atoms with Gasteiger partial charge in [-0.05, 0) is 63.9 Å². The Hall–Kier alpha value is -1.36. The van der Waals surface area contributed by atoms with Crippen LogP contribution in [0.5, 0.6) is 0 Å². The number of likely N-dealkylation sites (N-methyl/N-ethyl adjacent to an activating group) is 1. The summed E-state index contributed by atoms with van der Waals surface area (Å²) in [5.41, 5.74) is 2.76. The van der Waals surface area contributed by atoms with Crippen molar-refractivity contribution in [1.82, 2.24) is 4.90 Å². The van der Waals surface area contributed by atoms with Crippen molar-refractivity contribution < 1.29 is 14.6 Å². The van der Waals surface area contributed by atoms with E-state index in [2.05, 4.69) is 30.4 Å². The van der Waals surface area contributed by atoms with Crippen LogP contribution in [0.25, 0.3) is 0 Å². The molecule has 0 fully saturated rings. The van der Waals surface area contributed by atoms with Crippen LogP contribution < -0.4 is 0 Å². The Morgan fingerprint density at radius 1 is 1.33 bits per heavy atom. The Labute approximate surface area is 146 Å². The molecule has 134 valence electrons. The lowest BCUT2D eigenvalue weighted by molar-refractivity contribution is -0.00379. The normalized spacial score (nSPS) is 22.0.